The summed E-state index contributed by atoms with van der Waals surface area (Å²) in [7, 11) is 0. The van der Waals surface area contributed by atoms with Gasteiger partial charge in [-0.05, 0) is 106 Å². The molecule has 0 saturated carbocycles. The van der Waals surface area contributed by atoms with E-state index in [9.17, 15) is 4.79 Å². The third kappa shape index (κ3) is 8.78. The molecule has 5 heterocycles. The van der Waals surface area contributed by atoms with Crippen molar-refractivity contribution in [2.75, 3.05) is 49.1 Å². The van der Waals surface area contributed by atoms with Crippen molar-refractivity contribution in [1.29, 1.82) is 0 Å². The molecule has 3 fully saturated rings. The van der Waals surface area contributed by atoms with Gasteiger partial charge in [-0.25, -0.2) is 14.5 Å². The van der Waals surface area contributed by atoms with E-state index in [1.165, 1.54) is 122 Å². The fourth-order valence-corrected chi connectivity index (χ4v) is 10.5. The standard InChI is InChI=1S/C25H32N3S.C20H22N2OS.HI/c1-2-9-19-16-22-25(18-23(19)28-14-7-4-8-15-28)29-24-17-20(10-11-21(24)26-22)27-12-5-3-6-13-27;1-2-6-14-11-17-20(13-18(14)23)24-19-12-15(7-8-16(19)21-17)22-9-4-3-5-10-22;/h10-11,16-18H,2-9,12-15H2,1H3;7-8,11-13H,2-6,9-10H2,1H3;1H/q+1;;. The van der Waals surface area contributed by atoms with Gasteiger partial charge in [0.1, 0.15) is 13.1 Å². The Labute approximate surface area is 345 Å². The van der Waals surface area contributed by atoms with Crippen molar-refractivity contribution in [3.05, 3.63) is 87.4 Å². The highest BCUT2D eigenvalue weighted by Crippen LogP contribution is 2.35. The molecule has 54 heavy (non-hydrogen) atoms. The zero-order valence-electron chi connectivity index (χ0n) is 32.1. The zero-order chi connectivity index (χ0) is 36.1. The van der Waals surface area contributed by atoms with Crippen LogP contribution >= 0.6 is 46.7 Å². The maximum atomic E-state index is 12.2. The smallest absolute Gasteiger partial charge is 0.204 e. The molecule has 0 unspecified atom stereocenters. The monoisotopic (exact) mass is 872 g/mol. The van der Waals surface area contributed by atoms with Crippen LogP contribution in [0.4, 0.5) is 11.4 Å². The third-order valence-electron chi connectivity index (χ3n) is 11.3. The first-order valence-corrected chi connectivity index (χ1v) is 22.0. The van der Waals surface area contributed by atoms with E-state index in [2.05, 4.69) is 76.8 Å². The van der Waals surface area contributed by atoms with E-state index in [0.29, 0.717) is 0 Å². The molecule has 3 saturated heterocycles. The predicted molar refractivity (Wildman–Crippen MR) is 243 cm³/mol. The average Bonchev–Trinajstić information content (AvgIpc) is 3.20. The molecule has 6 nitrogen and oxygen atoms in total. The van der Waals surface area contributed by atoms with Gasteiger partial charge in [-0.2, -0.15) is 0 Å². The number of anilines is 2. The summed E-state index contributed by atoms with van der Waals surface area (Å²) < 4.78 is 5.09. The summed E-state index contributed by atoms with van der Waals surface area (Å²) in [6.07, 6.45) is 16.0. The molecule has 0 spiro atoms. The first kappa shape index (κ1) is 39.1. The molecule has 0 amide bonds. The van der Waals surface area contributed by atoms with Gasteiger partial charge in [0.25, 0.3) is 0 Å². The lowest BCUT2D eigenvalue weighted by Gasteiger charge is -2.29. The number of halogens is 1. The van der Waals surface area contributed by atoms with Gasteiger partial charge in [-0.3, -0.25) is 4.79 Å². The number of piperidine rings is 3. The van der Waals surface area contributed by atoms with Crippen LogP contribution in [0.2, 0.25) is 0 Å². The van der Waals surface area contributed by atoms with E-state index in [-0.39, 0.29) is 29.4 Å². The second-order valence-electron chi connectivity index (χ2n) is 15.3. The molecule has 0 atom stereocenters. The lowest BCUT2D eigenvalue weighted by molar-refractivity contribution is 0.449. The van der Waals surface area contributed by atoms with Gasteiger partial charge in [-0.1, -0.05) is 26.7 Å². The van der Waals surface area contributed by atoms with Crippen LogP contribution in [0.25, 0.3) is 41.6 Å². The molecule has 0 N–H and O–H groups in total. The summed E-state index contributed by atoms with van der Waals surface area (Å²) in [5, 5.41) is 1.46. The SMILES string of the molecule is CCCc1cc2nc3ccc(N4CCCCC4)cc3sc-2cc1=O.CCCc1cc2nc3ccc(N4CCCCC4)cc3sc-2cc1=[N+]1CCCCC1.I. The Kier molecular flexibility index (Phi) is 13.2. The zero-order valence-corrected chi connectivity index (χ0v) is 36.0. The van der Waals surface area contributed by atoms with Crippen molar-refractivity contribution >= 4 is 78.5 Å². The summed E-state index contributed by atoms with van der Waals surface area (Å²) in [6.45, 7) is 11.4. The lowest BCUT2D eigenvalue weighted by atomic mass is 10.1. The number of hydrogen-bond donors (Lipinski definition) is 0. The number of aryl methyl sites for hydroxylation is 2. The second-order valence-corrected chi connectivity index (χ2v) is 17.4. The fraction of sp³-hybridized carbons (Fsp3) is 0.467. The van der Waals surface area contributed by atoms with Crippen LogP contribution in [0.5, 0.6) is 0 Å². The van der Waals surface area contributed by atoms with Crippen molar-refractivity contribution in [3.8, 4) is 21.1 Å². The Bertz CT molecular complexity index is 2260. The first-order chi connectivity index (χ1) is 26.1. The van der Waals surface area contributed by atoms with Crippen LogP contribution in [-0.2, 0) is 12.8 Å². The summed E-state index contributed by atoms with van der Waals surface area (Å²) >= 11 is 3.60. The van der Waals surface area contributed by atoms with E-state index in [0.717, 1.165) is 69.9 Å². The summed E-state index contributed by atoms with van der Waals surface area (Å²) in [6, 6.07) is 22.0. The van der Waals surface area contributed by atoms with Gasteiger partial charge in [0.15, 0.2) is 5.43 Å². The number of nitrogens with zero attached hydrogens (tertiary/aromatic N) is 5. The van der Waals surface area contributed by atoms with Crippen LogP contribution < -0.4 is 25.2 Å². The number of benzene rings is 4. The molecular formula is C45H55IN5OS2+. The van der Waals surface area contributed by atoms with Crippen LogP contribution in [0.1, 0.15) is 95.6 Å². The van der Waals surface area contributed by atoms with Gasteiger partial charge in [-0.15, -0.1) is 46.7 Å². The quantitative estimate of drug-likeness (QED) is 0.0948. The summed E-state index contributed by atoms with van der Waals surface area (Å²) in [4.78, 5) is 29.4. The van der Waals surface area contributed by atoms with Crippen molar-refractivity contribution in [2.24, 2.45) is 0 Å². The largest absolute Gasteiger partial charge is 0.371 e. The Hall–Kier alpha value is -3.15. The number of hydrogen-bond acceptors (Lipinski definition) is 7. The van der Waals surface area contributed by atoms with Crippen LogP contribution in [0.15, 0.2) is 65.5 Å². The van der Waals surface area contributed by atoms with Crippen molar-refractivity contribution in [3.63, 3.8) is 0 Å². The van der Waals surface area contributed by atoms with Crippen molar-refractivity contribution in [1.82, 2.24) is 14.5 Å². The summed E-state index contributed by atoms with van der Waals surface area (Å²) in [5.41, 5.74) is 9.43. The highest BCUT2D eigenvalue weighted by molar-refractivity contribution is 14.0. The molecule has 7 aliphatic rings. The molecule has 0 radical (unpaired) electrons. The Morgan fingerprint density at radius 3 is 1.61 bits per heavy atom. The van der Waals surface area contributed by atoms with Gasteiger partial charge in [0, 0.05) is 73.7 Å². The van der Waals surface area contributed by atoms with E-state index < -0.39 is 0 Å². The maximum absolute atomic E-state index is 12.2. The van der Waals surface area contributed by atoms with Gasteiger partial charge >= 0.3 is 0 Å². The highest BCUT2D eigenvalue weighted by Gasteiger charge is 2.20. The lowest BCUT2D eigenvalue weighted by Crippen LogP contribution is -2.36. The minimum Gasteiger partial charge on any atom is -0.371 e. The minimum absolute atomic E-state index is 0. The number of fused-ring (bicyclic) bond motifs is 4. The van der Waals surface area contributed by atoms with Crippen molar-refractivity contribution in [2.45, 2.75) is 97.3 Å². The Morgan fingerprint density at radius 1 is 0.593 bits per heavy atom. The van der Waals surface area contributed by atoms with E-state index in [1.807, 2.05) is 17.4 Å². The van der Waals surface area contributed by atoms with E-state index in [4.69, 9.17) is 9.97 Å². The van der Waals surface area contributed by atoms with Crippen LogP contribution in [0, 0.1) is 0 Å². The molecule has 5 aliphatic heterocycles. The van der Waals surface area contributed by atoms with Gasteiger partial charge in [0.05, 0.1) is 41.6 Å². The molecule has 284 valence electrons. The molecular weight excluding hydrogens is 818 g/mol. The number of rotatable bonds is 6. The normalized spacial score (nSPS) is 16.4. The highest BCUT2D eigenvalue weighted by atomic mass is 127. The molecule has 9 heteroatoms. The minimum atomic E-state index is 0. The number of aromatic nitrogens is 2. The molecule has 9 rings (SSSR count). The summed E-state index contributed by atoms with van der Waals surface area (Å²) in [5.74, 6) is 0. The predicted octanol–water partition coefficient (Wildman–Crippen LogP) is 10.6. The van der Waals surface area contributed by atoms with Gasteiger partial charge in [0.2, 0.25) is 5.36 Å². The van der Waals surface area contributed by atoms with E-state index >= 15 is 0 Å². The Morgan fingerprint density at radius 2 is 1.07 bits per heavy atom. The molecule has 0 aromatic heterocycles. The maximum Gasteiger partial charge on any atom is 0.204 e. The second kappa shape index (κ2) is 18.2. The average molecular weight is 873 g/mol. The van der Waals surface area contributed by atoms with Crippen LogP contribution in [-0.4, -0.2) is 49.2 Å². The third-order valence-corrected chi connectivity index (χ3v) is 13.5. The Balaban J connectivity index is 0.000000166. The molecule has 2 aliphatic carbocycles. The first-order valence-electron chi connectivity index (χ1n) is 20.4. The molecule has 2 aromatic carbocycles. The van der Waals surface area contributed by atoms with Crippen LogP contribution in [0.3, 0.4) is 0 Å². The van der Waals surface area contributed by atoms with E-state index in [1.54, 1.807) is 17.4 Å². The molecule has 2 aromatic rings. The van der Waals surface area contributed by atoms with Gasteiger partial charge < -0.3 is 9.80 Å². The topological polar surface area (TPSA) is 52.3 Å². The fourth-order valence-electron chi connectivity index (χ4n) is 8.44. The molecule has 0 bridgehead atoms. The van der Waals surface area contributed by atoms with Crippen molar-refractivity contribution < 1.29 is 0 Å².